The summed E-state index contributed by atoms with van der Waals surface area (Å²) in [4.78, 5) is 10.4. The predicted octanol–water partition coefficient (Wildman–Crippen LogP) is 5.52. The lowest BCUT2D eigenvalue weighted by Gasteiger charge is -2.10. The average Bonchev–Trinajstić information content (AvgIpc) is 2.46. The fraction of sp³-hybridized carbons (Fsp3) is 0.632. The molecule has 0 saturated carbocycles. The Bertz CT molecular complexity index is 366. The van der Waals surface area contributed by atoms with Gasteiger partial charge in [0.25, 0.3) is 0 Å². The summed E-state index contributed by atoms with van der Waals surface area (Å²) in [6, 6.07) is 8.48. The molecule has 0 bridgehead atoms. The number of amides is 1. The van der Waals surface area contributed by atoms with Gasteiger partial charge in [0, 0.05) is 0 Å². The number of rotatable bonds is 8. The molecule has 1 unspecified atom stereocenters. The Kier molecular flexibility index (Phi) is 12.3. The van der Waals surface area contributed by atoms with Crippen molar-refractivity contribution >= 4 is 6.09 Å². The SMILES string of the molecule is CCCCCCCCC(C)OC(N)=O.Cc1ccc(C)cc1. The van der Waals surface area contributed by atoms with Crippen molar-refractivity contribution in [3.05, 3.63) is 35.4 Å². The largest absolute Gasteiger partial charge is 0.447 e. The number of hydrogen-bond donors (Lipinski definition) is 1. The highest BCUT2D eigenvalue weighted by atomic mass is 16.6. The zero-order valence-electron chi connectivity index (χ0n) is 14.7. The van der Waals surface area contributed by atoms with Crippen molar-refractivity contribution in [1.82, 2.24) is 0 Å². The normalized spacial score (nSPS) is 11.3. The van der Waals surface area contributed by atoms with E-state index in [1.807, 2.05) is 6.92 Å². The van der Waals surface area contributed by atoms with E-state index in [-0.39, 0.29) is 6.10 Å². The summed E-state index contributed by atoms with van der Waals surface area (Å²) in [5, 5.41) is 0. The topological polar surface area (TPSA) is 52.3 Å². The third-order valence-electron chi connectivity index (χ3n) is 3.50. The molecule has 0 aliphatic carbocycles. The Morgan fingerprint density at radius 2 is 1.45 bits per heavy atom. The van der Waals surface area contributed by atoms with E-state index < -0.39 is 6.09 Å². The zero-order valence-corrected chi connectivity index (χ0v) is 14.7. The number of benzene rings is 1. The summed E-state index contributed by atoms with van der Waals surface area (Å²) in [6.07, 6.45) is 7.80. The van der Waals surface area contributed by atoms with Crippen molar-refractivity contribution in [1.29, 1.82) is 0 Å². The highest BCUT2D eigenvalue weighted by molar-refractivity contribution is 5.64. The maximum Gasteiger partial charge on any atom is 0.404 e. The molecule has 1 atom stereocenters. The molecule has 3 nitrogen and oxygen atoms in total. The van der Waals surface area contributed by atoms with E-state index >= 15 is 0 Å². The summed E-state index contributed by atoms with van der Waals surface area (Å²) < 4.78 is 4.82. The molecule has 0 saturated heterocycles. The number of nitrogens with two attached hydrogens (primary N) is 1. The molecule has 1 rings (SSSR count). The number of primary amides is 1. The van der Waals surface area contributed by atoms with Gasteiger partial charge in [0.1, 0.15) is 6.10 Å². The lowest BCUT2D eigenvalue weighted by molar-refractivity contribution is 0.110. The van der Waals surface area contributed by atoms with Gasteiger partial charge < -0.3 is 10.5 Å². The van der Waals surface area contributed by atoms with Gasteiger partial charge in [-0.3, -0.25) is 0 Å². The molecule has 1 aromatic carbocycles. The molecule has 0 aliphatic heterocycles. The maximum absolute atomic E-state index is 10.4. The minimum atomic E-state index is -0.663. The molecule has 1 amide bonds. The number of aryl methyl sites for hydroxylation is 2. The highest BCUT2D eigenvalue weighted by Gasteiger charge is 2.04. The number of unbranched alkanes of at least 4 members (excludes halogenated alkanes) is 5. The van der Waals surface area contributed by atoms with Crippen molar-refractivity contribution in [3.63, 3.8) is 0 Å². The van der Waals surface area contributed by atoms with Crippen LogP contribution in [-0.2, 0) is 4.74 Å². The molecule has 0 aliphatic rings. The van der Waals surface area contributed by atoms with Crippen LogP contribution in [0.25, 0.3) is 0 Å². The van der Waals surface area contributed by atoms with Crippen LogP contribution in [0.2, 0.25) is 0 Å². The van der Waals surface area contributed by atoms with Gasteiger partial charge in [-0.25, -0.2) is 4.79 Å². The van der Waals surface area contributed by atoms with E-state index in [4.69, 9.17) is 10.5 Å². The molecule has 22 heavy (non-hydrogen) atoms. The molecular weight excluding hydrogens is 274 g/mol. The van der Waals surface area contributed by atoms with Crippen LogP contribution in [0.15, 0.2) is 24.3 Å². The molecule has 2 N–H and O–H groups in total. The Hall–Kier alpha value is -1.51. The first-order chi connectivity index (χ1) is 10.5. The third-order valence-corrected chi connectivity index (χ3v) is 3.50. The fourth-order valence-corrected chi connectivity index (χ4v) is 2.11. The van der Waals surface area contributed by atoms with Gasteiger partial charge in [-0.05, 0) is 33.6 Å². The molecule has 1 aromatic rings. The van der Waals surface area contributed by atoms with Gasteiger partial charge in [-0.15, -0.1) is 0 Å². The summed E-state index contributed by atoms with van der Waals surface area (Å²) in [6.45, 7) is 8.29. The van der Waals surface area contributed by atoms with Gasteiger partial charge in [-0.1, -0.05) is 74.4 Å². The number of carbonyl (C=O) groups excluding carboxylic acids is 1. The highest BCUT2D eigenvalue weighted by Crippen LogP contribution is 2.09. The van der Waals surface area contributed by atoms with E-state index in [1.54, 1.807) is 0 Å². The molecule has 0 spiro atoms. The molecule has 126 valence electrons. The van der Waals surface area contributed by atoms with Crippen molar-refractivity contribution < 1.29 is 9.53 Å². The van der Waals surface area contributed by atoms with Crippen LogP contribution in [0.1, 0.15) is 69.9 Å². The van der Waals surface area contributed by atoms with Crippen LogP contribution in [0.5, 0.6) is 0 Å². The van der Waals surface area contributed by atoms with Crippen LogP contribution in [0.3, 0.4) is 0 Å². The fourth-order valence-electron chi connectivity index (χ4n) is 2.11. The molecule has 0 fully saturated rings. The van der Waals surface area contributed by atoms with Crippen molar-refractivity contribution in [2.75, 3.05) is 0 Å². The van der Waals surface area contributed by atoms with Gasteiger partial charge in [-0.2, -0.15) is 0 Å². The minimum absolute atomic E-state index is 0.0290. The Morgan fingerprint density at radius 3 is 1.91 bits per heavy atom. The molecule has 3 heteroatoms. The van der Waals surface area contributed by atoms with Crippen molar-refractivity contribution in [2.45, 2.75) is 78.7 Å². The summed E-state index contributed by atoms with van der Waals surface area (Å²) in [5.41, 5.74) is 7.56. The van der Waals surface area contributed by atoms with Crippen LogP contribution in [0, 0.1) is 13.8 Å². The second-order valence-corrected chi connectivity index (χ2v) is 5.96. The van der Waals surface area contributed by atoms with Crippen LogP contribution >= 0.6 is 0 Å². The summed E-state index contributed by atoms with van der Waals surface area (Å²) >= 11 is 0. The first kappa shape index (κ1) is 20.5. The molecule has 0 heterocycles. The molecule has 0 radical (unpaired) electrons. The molecule has 0 aromatic heterocycles. The lowest BCUT2D eigenvalue weighted by Crippen LogP contribution is -2.20. The van der Waals surface area contributed by atoms with Crippen LogP contribution in [0.4, 0.5) is 4.79 Å². The van der Waals surface area contributed by atoms with Gasteiger partial charge in [0.2, 0.25) is 0 Å². The van der Waals surface area contributed by atoms with Crippen LogP contribution < -0.4 is 5.73 Å². The van der Waals surface area contributed by atoms with Crippen molar-refractivity contribution in [2.24, 2.45) is 5.73 Å². The van der Waals surface area contributed by atoms with Gasteiger partial charge in [0.05, 0.1) is 0 Å². The summed E-state index contributed by atoms with van der Waals surface area (Å²) in [7, 11) is 0. The van der Waals surface area contributed by atoms with E-state index in [9.17, 15) is 4.79 Å². The Labute approximate surface area is 136 Å². The maximum atomic E-state index is 10.4. The first-order valence-electron chi connectivity index (χ1n) is 8.45. The van der Waals surface area contributed by atoms with Gasteiger partial charge >= 0.3 is 6.09 Å². The zero-order chi connectivity index (χ0) is 16.8. The second-order valence-electron chi connectivity index (χ2n) is 5.96. The standard InChI is InChI=1S/C11H23NO2.C8H10/c1-3-4-5-6-7-8-9-10(2)14-11(12)13;1-7-3-5-8(2)6-4-7/h10H,3-9H2,1-2H3,(H2,12,13);3-6H,1-2H3. The Balaban J connectivity index is 0.000000461. The number of ether oxygens (including phenoxy) is 1. The van der Waals surface area contributed by atoms with Crippen molar-refractivity contribution in [3.8, 4) is 0 Å². The van der Waals surface area contributed by atoms with E-state index in [2.05, 4.69) is 45.0 Å². The second kappa shape index (κ2) is 13.2. The Morgan fingerprint density at radius 1 is 1.00 bits per heavy atom. The smallest absolute Gasteiger partial charge is 0.404 e. The van der Waals surface area contributed by atoms with E-state index in [1.165, 1.54) is 43.2 Å². The van der Waals surface area contributed by atoms with E-state index in [0.717, 1.165) is 12.8 Å². The van der Waals surface area contributed by atoms with E-state index in [0.29, 0.717) is 0 Å². The minimum Gasteiger partial charge on any atom is -0.447 e. The monoisotopic (exact) mass is 307 g/mol. The quantitative estimate of drug-likeness (QED) is 0.642. The first-order valence-corrected chi connectivity index (χ1v) is 8.45. The van der Waals surface area contributed by atoms with Gasteiger partial charge in [0.15, 0.2) is 0 Å². The summed E-state index contributed by atoms with van der Waals surface area (Å²) in [5.74, 6) is 0. The number of hydrogen-bond acceptors (Lipinski definition) is 2. The lowest BCUT2D eigenvalue weighted by atomic mass is 10.1. The number of carbonyl (C=O) groups is 1. The third kappa shape index (κ3) is 13.5. The molecular formula is C19H33NO2. The van der Waals surface area contributed by atoms with Crippen LogP contribution in [-0.4, -0.2) is 12.2 Å². The predicted molar refractivity (Wildman–Crippen MR) is 94.0 cm³/mol. The average molecular weight is 307 g/mol.